The maximum Gasteiger partial charge on any atom is 0.378 e. The number of terminal acetylenes is 1. The third kappa shape index (κ3) is 3.33. The molecule has 0 fully saturated rings. The minimum atomic E-state index is -0.798. The van der Waals surface area contributed by atoms with Gasteiger partial charge in [-0.1, -0.05) is 5.92 Å². The molecule has 8 heteroatoms. The Hall–Kier alpha value is -2.95. The van der Waals surface area contributed by atoms with E-state index in [4.69, 9.17) is 11.2 Å². The largest absolute Gasteiger partial charge is 0.450 e. The van der Waals surface area contributed by atoms with Gasteiger partial charge >= 0.3 is 5.97 Å². The third-order valence-electron chi connectivity index (χ3n) is 2.52. The number of hydrogen-bond acceptors (Lipinski definition) is 6. The monoisotopic (exact) mass is 287 g/mol. The summed E-state index contributed by atoms with van der Waals surface area (Å²) in [5.41, 5.74) is 1.55. The Morgan fingerprint density at radius 3 is 2.90 bits per heavy atom. The normalized spacial score (nSPS) is 10.1. The molecule has 0 aliphatic rings. The lowest BCUT2D eigenvalue weighted by molar-refractivity contribution is -0.123. The van der Waals surface area contributed by atoms with Crippen molar-refractivity contribution in [2.45, 2.75) is 13.8 Å². The van der Waals surface area contributed by atoms with Crippen LogP contribution in [0, 0.1) is 26.2 Å². The summed E-state index contributed by atoms with van der Waals surface area (Å²) >= 11 is 0. The number of nitrogens with zero attached hydrogens (tertiary/aromatic N) is 4. The molecule has 0 saturated carbocycles. The topological polar surface area (TPSA) is 98.5 Å². The van der Waals surface area contributed by atoms with E-state index < -0.39 is 18.5 Å². The van der Waals surface area contributed by atoms with Crippen molar-refractivity contribution in [2.75, 3.05) is 13.2 Å². The summed E-state index contributed by atoms with van der Waals surface area (Å²) in [6.07, 6.45) is 4.99. The van der Waals surface area contributed by atoms with Gasteiger partial charge in [0.05, 0.1) is 6.54 Å². The minimum absolute atomic E-state index is 0.0748. The zero-order valence-corrected chi connectivity index (χ0v) is 11.6. The molecule has 0 atom stereocenters. The van der Waals surface area contributed by atoms with Crippen LogP contribution in [0.1, 0.15) is 22.0 Å². The summed E-state index contributed by atoms with van der Waals surface area (Å²) in [6.45, 7) is 3.27. The van der Waals surface area contributed by atoms with Crippen molar-refractivity contribution in [3.8, 4) is 12.3 Å². The number of hydrogen-bond donors (Lipinski definition) is 1. The lowest BCUT2D eigenvalue weighted by Crippen LogP contribution is -2.29. The van der Waals surface area contributed by atoms with Crippen LogP contribution in [0.25, 0.3) is 5.78 Å². The molecule has 0 radical (unpaired) electrons. The standard InChI is InChI=1S/C13H13N5O3/c1-4-5-14-10(19)7-21-12(20)11-16-13-15-8(2)6-9(3)18(13)17-11/h1,6H,5,7H2,2-3H3,(H,14,19). The Bertz CT molecular complexity index is 744. The SMILES string of the molecule is C#CCNC(=O)COC(=O)c1nc2nc(C)cc(C)n2n1. The smallest absolute Gasteiger partial charge is 0.378 e. The highest BCUT2D eigenvalue weighted by molar-refractivity contribution is 5.88. The van der Waals surface area contributed by atoms with Crippen LogP contribution >= 0.6 is 0 Å². The van der Waals surface area contributed by atoms with E-state index in [0.29, 0.717) is 5.78 Å². The molecule has 1 amide bonds. The molecule has 2 heterocycles. The summed E-state index contributed by atoms with van der Waals surface area (Å²) in [5, 5.41) is 6.37. The molecule has 21 heavy (non-hydrogen) atoms. The van der Waals surface area contributed by atoms with E-state index in [2.05, 4.69) is 26.3 Å². The van der Waals surface area contributed by atoms with Crippen LogP contribution in [0.3, 0.4) is 0 Å². The van der Waals surface area contributed by atoms with Gasteiger partial charge in [-0.2, -0.15) is 4.98 Å². The van der Waals surface area contributed by atoms with Crippen molar-refractivity contribution in [2.24, 2.45) is 0 Å². The summed E-state index contributed by atoms with van der Waals surface area (Å²) in [7, 11) is 0. The number of aromatic nitrogens is 4. The van der Waals surface area contributed by atoms with Crippen molar-refractivity contribution >= 4 is 17.7 Å². The van der Waals surface area contributed by atoms with Gasteiger partial charge in [0.15, 0.2) is 6.61 Å². The van der Waals surface area contributed by atoms with Crippen LogP contribution < -0.4 is 5.32 Å². The summed E-state index contributed by atoms with van der Waals surface area (Å²) in [5.74, 6) is 1.10. The molecule has 2 aromatic rings. The number of amides is 1. The molecule has 0 aliphatic carbocycles. The highest BCUT2D eigenvalue weighted by Gasteiger charge is 2.17. The Morgan fingerprint density at radius 2 is 2.19 bits per heavy atom. The van der Waals surface area contributed by atoms with Crippen LogP contribution in [-0.4, -0.2) is 44.6 Å². The highest BCUT2D eigenvalue weighted by Crippen LogP contribution is 2.06. The van der Waals surface area contributed by atoms with Gasteiger partial charge in [-0.25, -0.2) is 14.3 Å². The third-order valence-corrected chi connectivity index (χ3v) is 2.52. The van der Waals surface area contributed by atoms with Crippen LogP contribution in [0.5, 0.6) is 0 Å². The number of nitrogens with one attached hydrogen (secondary N) is 1. The van der Waals surface area contributed by atoms with E-state index in [1.54, 1.807) is 0 Å². The van der Waals surface area contributed by atoms with Crippen LogP contribution in [-0.2, 0) is 9.53 Å². The number of carbonyl (C=O) groups is 2. The van der Waals surface area contributed by atoms with Crippen molar-refractivity contribution < 1.29 is 14.3 Å². The Morgan fingerprint density at radius 1 is 1.43 bits per heavy atom. The molecule has 108 valence electrons. The maximum absolute atomic E-state index is 11.8. The van der Waals surface area contributed by atoms with Gasteiger partial charge in [0.2, 0.25) is 0 Å². The number of aryl methyl sites for hydroxylation is 2. The number of carbonyl (C=O) groups excluding carboxylic acids is 2. The van der Waals surface area contributed by atoms with E-state index in [1.165, 1.54) is 4.52 Å². The van der Waals surface area contributed by atoms with Gasteiger partial charge in [-0.05, 0) is 19.9 Å². The van der Waals surface area contributed by atoms with Gasteiger partial charge in [0, 0.05) is 11.4 Å². The van der Waals surface area contributed by atoms with E-state index >= 15 is 0 Å². The molecule has 2 aromatic heterocycles. The number of rotatable bonds is 4. The Balaban J connectivity index is 2.08. The average Bonchev–Trinajstić information content (AvgIpc) is 2.86. The van der Waals surface area contributed by atoms with Gasteiger partial charge in [0.25, 0.3) is 17.5 Å². The molecule has 0 unspecified atom stereocenters. The predicted octanol–water partition coefficient (Wildman–Crippen LogP) is -0.353. The molecule has 0 saturated heterocycles. The first-order valence-corrected chi connectivity index (χ1v) is 6.09. The molecule has 2 rings (SSSR count). The molecule has 8 nitrogen and oxygen atoms in total. The number of esters is 1. The summed E-state index contributed by atoms with van der Waals surface area (Å²) in [6, 6.07) is 1.81. The van der Waals surface area contributed by atoms with E-state index in [0.717, 1.165) is 11.4 Å². The van der Waals surface area contributed by atoms with Gasteiger partial charge in [0.1, 0.15) is 0 Å². The summed E-state index contributed by atoms with van der Waals surface area (Å²) < 4.78 is 6.23. The van der Waals surface area contributed by atoms with Crippen molar-refractivity contribution in [3.05, 3.63) is 23.3 Å². The lowest BCUT2D eigenvalue weighted by atomic mass is 10.4. The number of ether oxygens (including phenoxy) is 1. The average molecular weight is 287 g/mol. The van der Waals surface area contributed by atoms with Crippen molar-refractivity contribution in [1.82, 2.24) is 24.9 Å². The zero-order valence-electron chi connectivity index (χ0n) is 11.6. The second-order valence-corrected chi connectivity index (χ2v) is 4.24. The number of fused-ring (bicyclic) bond motifs is 1. The summed E-state index contributed by atoms with van der Waals surface area (Å²) in [4.78, 5) is 31.2. The van der Waals surface area contributed by atoms with E-state index in [-0.39, 0.29) is 12.4 Å². The van der Waals surface area contributed by atoms with Crippen LogP contribution in [0.2, 0.25) is 0 Å². The first-order chi connectivity index (χ1) is 10.0. The molecule has 0 aromatic carbocycles. The molecular formula is C13H13N5O3. The van der Waals surface area contributed by atoms with Gasteiger partial charge in [-0.15, -0.1) is 11.5 Å². The zero-order chi connectivity index (χ0) is 15.4. The first kappa shape index (κ1) is 14.5. The lowest BCUT2D eigenvalue weighted by Gasteiger charge is -2.01. The molecule has 0 bridgehead atoms. The van der Waals surface area contributed by atoms with Crippen LogP contribution in [0.4, 0.5) is 0 Å². The fourth-order valence-corrected chi connectivity index (χ4v) is 1.65. The van der Waals surface area contributed by atoms with Crippen molar-refractivity contribution in [3.63, 3.8) is 0 Å². The minimum Gasteiger partial charge on any atom is -0.450 e. The van der Waals surface area contributed by atoms with Crippen LogP contribution in [0.15, 0.2) is 6.07 Å². The van der Waals surface area contributed by atoms with E-state index in [9.17, 15) is 9.59 Å². The fourth-order valence-electron chi connectivity index (χ4n) is 1.65. The molecular weight excluding hydrogens is 274 g/mol. The quantitative estimate of drug-likeness (QED) is 0.609. The first-order valence-electron chi connectivity index (χ1n) is 6.09. The predicted molar refractivity (Wildman–Crippen MR) is 72.4 cm³/mol. The Kier molecular flexibility index (Phi) is 4.13. The molecule has 1 N–H and O–H groups in total. The molecule has 0 spiro atoms. The van der Waals surface area contributed by atoms with E-state index in [1.807, 2.05) is 19.9 Å². The Labute approximate surface area is 120 Å². The second-order valence-electron chi connectivity index (χ2n) is 4.24. The van der Waals surface area contributed by atoms with Gasteiger partial charge in [-0.3, -0.25) is 4.79 Å². The van der Waals surface area contributed by atoms with Gasteiger partial charge < -0.3 is 10.1 Å². The van der Waals surface area contributed by atoms with Crippen molar-refractivity contribution in [1.29, 1.82) is 0 Å². The fraction of sp³-hybridized carbons (Fsp3) is 0.308. The second kappa shape index (κ2) is 6.00. The molecule has 0 aliphatic heterocycles. The highest BCUT2D eigenvalue weighted by atomic mass is 16.5. The maximum atomic E-state index is 11.8.